The number of rotatable bonds is 9. The molecule has 11 nitrogen and oxygen atoms in total. The van der Waals surface area contributed by atoms with Gasteiger partial charge in [-0.1, -0.05) is 0 Å². The van der Waals surface area contributed by atoms with E-state index in [1.54, 1.807) is 0 Å². The number of hydrazine groups is 1. The Kier molecular flexibility index (Phi) is 11.2. The van der Waals surface area contributed by atoms with E-state index < -0.39 is 8.32 Å². The maximum absolute atomic E-state index is 13.4. The smallest absolute Gasteiger partial charge is 0.223 e. The van der Waals surface area contributed by atoms with Crippen LogP contribution in [0, 0.1) is 23.7 Å². The Bertz CT molecular complexity index is 1120. The molecule has 13 heteroatoms. The SMILES string of the molecule is COC1CCC2C(C1)C(C1CCC(Cl)CC1)=N[C@@H](CC(=O)NCCNC(=O)C1CCC3OCC([Si](C)(C)O)C3C1)C1NNC(C)N21. The van der Waals surface area contributed by atoms with Gasteiger partial charge in [-0.3, -0.25) is 19.5 Å². The maximum Gasteiger partial charge on any atom is 0.223 e. The summed E-state index contributed by atoms with van der Waals surface area (Å²) in [7, 11) is -0.521. The lowest BCUT2D eigenvalue weighted by Gasteiger charge is -2.44. The summed E-state index contributed by atoms with van der Waals surface area (Å²) in [6, 6.07) is 0.120. The largest absolute Gasteiger partial charge is 0.432 e. The highest BCUT2D eigenvalue weighted by atomic mass is 35.5. The molecule has 0 bridgehead atoms. The van der Waals surface area contributed by atoms with E-state index >= 15 is 0 Å². The summed E-state index contributed by atoms with van der Waals surface area (Å²) in [6.07, 6.45) is 10.3. The van der Waals surface area contributed by atoms with Crippen LogP contribution in [0.15, 0.2) is 4.99 Å². The van der Waals surface area contributed by atoms with E-state index in [4.69, 9.17) is 26.1 Å². The highest BCUT2D eigenvalue weighted by Gasteiger charge is 2.51. The second kappa shape index (κ2) is 14.8. The number of nitrogens with one attached hydrogen (secondary N) is 4. The lowest BCUT2D eigenvalue weighted by molar-refractivity contribution is -0.127. The Hall–Kier alpha value is -1.12. The molecule has 3 saturated carbocycles. The van der Waals surface area contributed by atoms with Crippen molar-refractivity contribution < 1.29 is 23.9 Å². The van der Waals surface area contributed by atoms with Crippen molar-refractivity contribution in [3.05, 3.63) is 0 Å². The van der Waals surface area contributed by atoms with Crippen molar-refractivity contribution in [2.75, 3.05) is 26.8 Å². The zero-order valence-corrected chi connectivity index (χ0v) is 29.9. The molecule has 3 aliphatic heterocycles. The summed E-state index contributed by atoms with van der Waals surface area (Å²) in [5.41, 5.74) is 8.39. The molecule has 46 heavy (non-hydrogen) atoms. The molecule has 10 atom stereocenters. The average molecular weight is 681 g/mol. The van der Waals surface area contributed by atoms with E-state index in [9.17, 15) is 14.4 Å². The number of nitrogens with zero attached hydrogens (tertiary/aromatic N) is 2. The minimum absolute atomic E-state index is 0.0447. The van der Waals surface area contributed by atoms with Gasteiger partial charge in [-0.25, -0.2) is 10.9 Å². The van der Waals surface area contributed by atoms with E-state index in [0.29, 0.717) is 37.6 Å². The van der Waals surface area contributed by atoms with E-state index in [-0.39, 0.29) is 71.6 Å². The molecule has 3 aliphatic carbocycles. The van der Waals surface area contributed by atoms with Crippen LogP contribution in [0.5, 0.6) is 0 Å². The Balaban J connectivity index is 1.06. The Morgan fingerprint density at radius 3 is 2.57 bits per heavy atom. The fourth-order valence-electron chi connectivity index (χ4n) is 9.58. The predicted molar refractivity (Wildman–Crippen MR) is 181 cm³/mol. The van der Waals surface area contributed by atoms with Gasteiger partial charge in [0.15, 0.2) is 8.32 Å². The number of hydrogen-bond acceptors (Lipinski definition) is 9. The first-order valence-electron chi connectivity index (χ1n) is 17.9. The van der Waals surface area contributed by atoms with Crippen LogP contribution in [0.1, 0.15) is 77.6 Å². The summed E-state index contributed by atoms with van der Waals surface area (Å²) in [6.45, 7) is 7.53. The molecule has 2 saturated heterocycles. The molecule has 0 radical (unpaired) electrons. The van der Waals surface area contributed by atoms with Crippen molar-refractivity contribution in [1.29, 1.82) is 0 Å². The van der Waals surface area contributed by atoms with Gasteiger partial charge in [-0.15, -0.1) is 11.6 Å². The maximum atomic E-state index is 13.4. The van der Waals surface area contributed by atoms with Crippen LogP contribution < -0.4 is 21.5 Å². The van der Waals surface area contributed by atoms with Crippen LogP contribution in [0.3, 0.4) is 0 Å². The highest BCUT2D eigenvalue weighted by molar-refractivity contribution is 6.71. The molecule has 9 unspecified atom stereocenters. The van der Waals surface area contributed by atoms with E-state index in [2.05, 4.69) is 33.3 Å². The van der Waals surface area contributed by atoms with Gasteiger partial charge in [0.1, 0.15) is 0 Å². The average Bonchev–Trinajstić information content (AvgIpc) is 3.61. The molecular formula is C33H57ClN6O5Si. The number of carbonyl (C=O) groups excluding carboxylic acids is 2. The summed E-state index contributed by atoms with van der Waals surface area (Å²) >= 11 is 6.52. The van der Waals surface area contributed by atoms with E-state index in [0.717, 1.165) is 64.2 Å². The first kappa shape index (κ1) is 34.7. The molecule has 5 N–H and O–H groups in total. The van der Waals surface area contributed by atoms with Crippen LogP contribution in [0.2, 0.25) is 18.6 Å². The fourth-order valence-corrected chi connectivity index (χ4v) is 11.7. The van der Waals surface area contributed by atoms with Crippen molar-refractivity contribution in [3.8, 4) is 0 Å². The van der Waals surface area contributed by atoms with Gasteiger partial charge in [0.05, 0.1) is 37.0 Å². The highest BCUT2D eigenvalue weighted by Crippen LogP contribution is 2.47. The Morgan fingerprint density at radius 2 is 1.83 bits per heavy atom. The molecule has 5 fully saturated rings. The minimum Gasteiger partial charge on any atom is -0.432 e. The first-order valence-corrected chi connectivity index (χ1v) is 21.4. The third-order valence-electron chi connectivity index (χ3n) is 12.1. The van der Waals surface area contributed by atoms with Crippen LogP contribution in [0.25, 0.3) is 0 Å². The molecule has 0 aromatic heterocycles. The zero-order valence-electron chi connectivity index (χ0n) is 28.2. The summed E-state index contributed by atoms with van der Waals surface area (Å²) in [4.78, 5) is 45.3. The molecule has 6 rings (SSSR count). The van der Waals surface area contributed by atoms with Gasteiger partial charge in [-0.2, -0.15) is 0 Å². The first-order chi connectivity index (χ1) is 22.0. The molecule has 0 spiro atoms. The molecule has 6 aliphatic rings. The third-order valence-corrected chi connectivity index (χ3v) is 14.9. The van der Waals surface area contributed by atoms with Crippen LogP contribution in [0.4, 0.5) is 0 Å². The summed E-state index contributed by atoms with van der Waals surface area (Å²) in [5, 5.41) is 6.38. The molecule has 3 heterocycles. The normalized spacial score (nSPS) is 41.5. The van der Waals surface area contributed by atoms with Crippen molar-refractivity contribution in [2.45, 2.75) is 138 Å². The molecule has 260 valence electrons. The topological polar surface area (TPSA) is 137 Å². The Labute approximate surface area is 280 Å². The van der Waals surface area contributed by atoms with Gasteiger partial charge >= 0.3 is 0 Å². The lowest BCUT2D eigenvalue weighted by atomic mass is 9.72. The number of ether oxygens (including phenoxy) is 2. The van der Waals surface area contributed by atoms with Crippen molar-refractivity contribution in [1.82, 2.24) is 26.4 Å². The number of halogens is 1. The number of carbonyl (C=O) groups is 2. The fraction of sp³-hybridized carbons (Fsp3) is 0.909. The zero-order chi connectivity index (χ0) is 32.6. The number of aliphatic imine (C=N–C) groups is 1. The number of methoxy groups -OCH3 is 1. The molecule has 2 amide bonds. The minimum atomic E-state index is -2.34. The lowest BCUT2D eigenvalue weighted by Crippen LogP contribution is -2.55. The second-order valence-corrected chi connectivity index (χ2v) is 20.1. The summed E-state index contributed by atoms with van der Waals surface area (Å²) < 4.78 is 11.9. The molecule has 0 aromatic rings. The van der Waals surface area contributed by atoms with Crippen LogP contribution in [-0.4, -0.2) is 104 Å². The van der Waals surface area contributed by atoms with Gasteiger partial charge in [-0.05, 0) is 96.1 Å². The third kappa shape index (κ3) is 7.54. The quantitative estimate of drug-likeness (QED) is 0.143. The van der Waals surface area contributed by atoms with Gasteiger partial charge in [0.25, 0.3) is 0 Å². The van der Waals surface area contributed by atoms with Crippen LogP contribution >= 0.6 is 11.6 Å². The van der Waals surface area contributed by atoms with Crippen LogP contribution in [-0.2, 0) is 19.1 Å². The van der Waals surface area contributed by atoms with Crippen molar-refractivity contribution >= 4 is 37.4 Å². The van der Waals surface area contributed by atoms with Crippen molar-refractivity contribution in [3.63, 3.8) is 0 Å². The molecule has 0 aromatic carbocycles. The van der Waals surface area contributed by atoms with Gasteiger partial charge in [0, 0.05) is 61.3 Å². The Morgan fingerprint density at radius 1 is 1.07 bits per heavy atom. The second-order valence-electron chi connectivity index (χ2n) is 15.4. The van der Waals surface area contributed by atoms with E-state index in [1.165, 1.54) is 5.71 Å². The predicted octanol–water partition coefficient (Wildman–Crippen LogP) is 2.88. The monoisotopic (exact) mass is 680 g/mol. The van der Waals surface area contributed by atoms with Gasteiger partial charge < -0.3 is 24.9 Å². The number of alkyl halides is 1. The van der Waals surface area contributed by atoms with Crippen molar-refractivity contribution in [2.24, 2.45) is 28.7 Å². The number of fused-ring (bicyclic) bond motifs is 4. The van der Waals surface area contributed by atoms with Gasteiger partial charge in [0.2, 0.25) is 11.8 Å². The molecular weight excluding hydrogens is 624 g/mol. The number of amides is 2. The summed E-state index contributed by atoms with van der Waals surface area (Å²) in [5.74, 6) is 0.889. The standard InChI is InChI=1S/C33H57ClN6O5Si/c1-19-38-39-32-26(37-31(20-5-8-22(34)9-6-20)24-16-23(44-2)10-11-27(24)40(19)32)17-30(41)35-13-14-36-33(42)21-7-12-28-25(15-21)29(18-45-28)46(3,4)43/h19-29,32,38-39,43H,5-18H2,1-4H3,(H,35,41)(H,36,42)/t19?,20?,21?,22?,23?,24?,25?,26-,27?,28?,29?,32?/m0/s1. The number of hydrogen-bond donors (Lipinski definition) is 5. The van der Waals surface area contributed by atoms with E-state index in [1.807, 2.05) is 20.2 Å².